The van der Waals surface area contributed by atoms with Crippen LogP contribution in [0.15, 0.2) is 36.5 Å². The van der Waals surface area contributed by atoms with E-state index < -0.39 is 12.1 Å². The summed E-state index contributed by atoms with van der Waals surface area (Å²) in [6.45, 7) is 2.13. The minimum atomic E-state index is -0.899. The third kappa shape index (κ3) is 13.2. The molecule has 1 atom stereocenters. The van der Waals surface area contributed by atoms with E-state index in [4.69, 9.17) is 9.84 Å². The molecule has 0 amide bonds. The Labute approximate surface area is 134 Å². The van der Waals surface area contributed by atoms with Crippen LogP contribution in [0.25, 0.3) is 0 Å². The number of carboxylic acid groups (broad SMARTS) is 1. The average Bonchev–Trinajstić information content (AvgIpc) is 2.51. The number of carbonyl (C=O) groups is 1. The first-order chi connectivity index (χ1) is 10.7. The van der Waals surface area contributed by atoms with Gasteiger partial charge >= 0.3 is 5.97 Å². The van der Waals surface area contributed by atoms with Crippen molar-refractivity contribution in [1.29, 1.82) is 0 Å². The van der Waals surface area contributed by atoms with E-state index in [1.54, 1.807) is 0 Å². The van der Waals surface area contributed by atoms with E-state index in [1.807, 2.05) is 12.2 Å². The number of aliphatic carboxylic acids is 1. The van der Waals surface area contributed by atoms with Crippen molar-refractivity contribution in [3.05, 3.63) is 36.5 Å². The largest absolute Gasteiger partial charge is 0.479 e. The lowest BCUT2D eigenvalue weighted by Gasteiger charge is -2.08. The lowest BCUT2D eigenvalue weighted by molar-refractivity contribution is -0.148. The Morgan fingerprint density at radius 2 is 1.95 bits per heavy atom. The fourth-order valence-corrected chi connectivity index (χ4v) is 1.75. The highest BCUT2D eigenvalue weighted by Crippen LogP contribution is 2.05. The first-order valence-corrected chi connectivity index (χ1v) is 7.91. The van der Waals surface area contributed by atoms with E-state index in [0.29, 0.717) is 6.42 Å². The predicted octanol–water partition coefficient (Wildman–Crippen LogP) is 4.51. The van der Waals surface area contributed by atoms with Crippen LogP contribution in [-0.2, 0) is 9.53 Å². The zero-order chi connectivity index (χ0) is 16.5. The third-order valence-corrected chi connectivity index (χ3v) is 2.98. The summed E-state index contributed by atoms with van der Waals surface area (Å²) in [5.74, 6) is 5.19. The zero-order valence-corrected chi connectivity index (χ0v) is 13.8. The normalized spacial score (nSPS) is 12.8. The van der Waals surface area contributed by atoms with Gasteiger partial charge in [-0.1, -0.05) is 49.1 Å². The molecule has 0 radical (unpaired) electrons. The summed E-state index contributed by atoms with van der Waals surface area (Å²) < 4.78 is 4.86. The van der Waals surface area contributed by atoms with E-state index >= 15 is 0 Å². The molecule has 0 saturated heterocycles. The Balaban J connectivity index is 3.62. The van der Waals surface area contributed by atoms with Crippen LogP contribution in [0.1, 0.15) is 51.9 Å². The van der Waals surface area contributed by atoms with Gasteiger partial charge in [0.1, 0.15) is 0 Å². The van der Waals surface area contributed by atoms with Crippen LogP contribution in [0.4, 0.5) is 0 Å². The summed E-state index contributed by atoms with van der Waals surface area (Å²) in [4.78, 5) is 10.7. The SMILES string of the molecule is CCC=CCC=CCCC#CC=CCCCC(OC)C(=O)O. The van der Waals surface area contributed by atoms with E-state index in [0.717, 1.165) is 38.5 Å². The monoisotopic (exact) mass is 304 g/mol. The number of allylic oxidation sites excluding steroid dienone is 6. The molecule has 3 nitrogen and oxygen atoms in total. The van der Waals surface area contributed by atoms with E-state index in [9.17, 15) is 4.79 Å². The van der Waals surface area contributed by atoms with Crippen LogP contribution in [0.5, 0.6) is 0 Å². The molecule has 122 valence electrons. The predicted molar refractivity (Wildman–Crippen MR) is 91.6 cm³/mol. The van der Waals surface area contributed by atoms with Crippen molar-refractivity contribution in [2.24, 2.45) is 0 Å². The average molecular weight is 304 g/mol. The summed E-state index contributed by atoms with van der Waals surface area (Å²) in [6, 6.07) is 0. The van der Waals surface area contributed by atoms with Gasteiger partial charge in [-0.3, -0.25) is 0 Å². The molecule has 0 aromatic rings. The van der Waals surface area contributed by atoms with Gasteiger partial charge in [0.2, 0.25) is 0 Å². The molecule has 0 aromatic carbocycles. The van der Waals surface area contributed by atoms with Crippen molar-refractivity contribution >= 4 is 5.97 Å². The molecule has 0 spiro atoms. The molecule has 0 aromatic heterocycles. The van der Waals surface area contributed by atoms with Gasteiger partial charge < -0.3 is 9.84 Å². The quantitative estimate of drug-likeness (QED) is 0.347. The summed E-state index contributed by atoms with van der Waals surface area (Å²) in [6.07, 6.45) is 17.9. The molecular formula is C19H28O3. The Bertz CT molecular complexity index is 422. The van der Waals surface area contributed by atoms with Crippen LogP contribution in [0.2, 0.25) is 0 Å². The van der Waals surface area contributed by atoms with Crippen molar-refractivity contribution in [3.8, 4) is 11.8 Å². The van der Waals surface area contributed by atoms with E-state index in [2.05, 4.69) is 43.1 Å². The molecule has 0 rings (SSSR count). The first kappa shape index (κ1) is 20.2. The van der Waals surface area contributed by atoms with Crippen molar-refractivity contribution in [1.82, 2.24) is 0 Å². The van der Waals surface area contributed by atoms with Crippen LogP contribution >= 0.6 is 0 Å². The maximum atomic E-state index is 10.7. The van der Waals surface area contributed by atoms with Crippen LogP contribution < -0.4 is 0 Å². The second-order valence-electron chi connectivity index (χ2n) is 4.84. The zero-order valence-electron chi connectivity index (χ0n) is 13.8. The minimum Gasteiger partial charge on any atom is -0.479 e. The highest BCUT2D eigenvalue weighted by molar-refractivity contribution is 5.72. The van der Waals surface area contributed by atoms with Gasteiger partial charge in [0.25, 0.3) is 0 Å². The summed E-state index contributed by atoms with van der Waals surface area (Å²) in [5, 5.41) is 8.80. The Morgan fingerprint density at radius 3 is 2.64 bits per heavy atom. The van der Waals surface area contributed by atoms with E-state index in [-0.39, 0.29) is 0 Å². The molecule has 3 heteroatoms. The number of carboxylic acids is 1. The standard InChI is InChI=1S/C19H28O3/c1-3-4-5-6-7-8-9-10-11-12-13-14-15-16-17-18(22-2)19(20)21/h4-5,7-8,13-14,18H,3,6,9-10,15-17H2,1-2H3,(H,20,21). The summed E-state index contributed by atoms with van der Waals surface area (Å²) >= 11 is 0. The lowest BCUT2D eigenvalue weighted by Crippen LogP contribution is -2.21. The van der Waals surface area contributed by atoms with Crippen LogP contribution in [-0.4, -0.2) is 24.3 Å². The summed E-state index contributed by atoms with van der Waals surface area (Å²) in [5.41, 5.74) is 0. The molecule has 0 heterocycles. The smallest absolute Gasteiger partial charge is 0.332 e. The minimum absolute atomic E-state index is 0.529. The van der Waals surface area contributed by atoms with Gasteiger partial charge in [0.05, 0.1) is 0 Å². The molecule has 22 heavy (non-hydrogen) atoms. The topological polar surface area (TPSA) is 46.5 Å². The first-order valence-electron chi connectivity index (χ1n) is 7.91. The number of hydrogen-bond donors (Lipinski definition) is 1. The Morgan fingerprint density at radius 1 is 1.18 bits per heavy atom. The molecule has 0 aliphatic carbocycles. The van der Waals surface area contributed by atoms with Gasteiger partial charge in [-0.25, -0.2) is 4.79 Å². The third-order valence-electron chi connectivity index (χ3n) is 2.98. The van der Waals surface area contributed by atoms with Crippen LogP contribution in [0, 0.1) is 11.8 Å². The molecule has 0 fully saturated rings. The van der Waals surface area contributed by atoms with Gasteiger partial charge in [-0.15, -0.1) is 0 Å². The Hall–Kier alpha value is -1.79. The lowest BCUT2D eigenvalue weighted by atomic mass is 10.1. The molecule has 0 aliphatic rings. The number of methoxy groups -OCH3 is 1. The van der Waals surface area contributed by atoms with Gasteiger partial charge in [0.15, 0.2) is 6.10 Å². The van der Waals surface area contributed by atoms with Gasteiger partial charge in [0, 0.05) is 13.5 Å². The highest BCUT2D eigenvalue weighted by Gasteiger charge is 2.14. The molecule has 0 aliphatic heterocycles. The molecule has 1 N–H and O–H groups in total. The number of rotatable bonds is 11. The van der Waals surface area contributed by atoms with Crippen molar-refractivity contribution in [2.45, 2.75) is 58.0 Å². The Kier molecular flexibility index (Phi) is 14.3. The van der Waals surface area contributed by atoms with Gasteiger partial charge in [-0.05, 0) is 44.6 Å². The molecular weight excluding hydrogens is 276 g/mol. The summed E-state index contributed by atoms with van der Waals surface area (Å²) in [7, 11) is 1.43. The molecule has 0 bridgehead atoms. The molecule has 0 saturated carbocycles. The van der Waals surface area contributed by atoms with Crippen molar-refractivity contribution in [2.75, 3.05) is 7.11 Å². The van der Waals surface area contributed by atoms with Gasteiger partial charge in [-0.2, -0.15) is 0 Å². The maximum absolute atomic E-state index is 10.7. The maximum Gasteiger partial charge on any atom is 0.332 e. The van der Waals surface area contributed by atoms with Crippen molar-refractivity contribution < 1.29 is 14.6 Å². The second kappa shape index (κ2) is 15.6. The van der Waals surface area contributed by atoms with Crippen LogP contribution in [0.3, 0.4) is 0 Å². The molecule has 1 unspecified atom stereocenters. The second-order valence-corrected chi connectivity index (χ2v) is 4.84. The highest BCUT2D eigenvalue weighted by atomic mass is 16.5. The van der Waals surface area contributed by atoms with Crippen molar-refractivity contribution in [3.63, 3.8) is 0 Å². The fourth-order valence-electron chi connectivity index (χ4n) is 1.75. The number of hydrogen-bond acceptors (Lipinski definition) is 2. The van der Waals surface area contributed by atoms with E-state index in [1.165, 1.54) is 7.11 Å². The number of unbranched alkanes of at least 4 members (excludes halogenated alkanes) is 2. The fraction of sp³-hybridized carbons (Fsp3) is 0.526. The number of ether oxygens (including phenoxy) is 1.